The fourth-order valence-corrected chi connectivity index (χ4v) is 2.48. The number of hydrogen-bond donors (Lipinski definition) is 1. The average molecular weight is 263 g/mol. The van der Waals surface area contributed by atoms with Crippen LogP contribution in [0.2, 0.25) is 0 Å². The highest BCUT2D eigenvalue weighted by Gasteiger charge is 2.10. The highest BCUT2D eigenvalue weighted by Crippen LogP contribution is 2.25. The topological polar surface area (TPSA) is 33.1 Å². The van der Waals surface area contributed by atoms with Crippen LogP contribution in [0.15, 0.2) is 47.6 Å². The minimum atomic E-state index is -0.561. The summed E-state index contributed by atoms with van der Waals surface area (Å²) in [5, 5.41) is 10.1. The molecule has 2 rings (SSSR count). The van der Waals surface area contributed by atoms with E-state index in [4.69, 9.17) is 0 Å². The molecule has 1 aromatic carbocycles. The van der Waals surface area contributed by atoms with Crippen molar-refractivity contribution in [3.63, 3.8) is 0 Å². The molecule has 2 nitrogen and oxygen atoms in total. The minimum absolute atomic E-state index is 0.247. The molecule has 18 heavy (non-hydrogen) atoms. The number of pyridine rings is 1. The van der Waals surface area contributed by atoms with E-state index in [0.717, 1.165) is 16.0 Å². The average Bonchev–Trinajstić information content (AvgIpc) is 2.38. The summed E-state index contributed by atoms with van der Waals surface area (Å²) < 4.78 is 12.7. The Balaban J connectivity index is 1.98. The Bertz CT molecular complexity index is 515. The van der Waals surface area contributed by atoms with Crippen molar-refractivity contribution in [1.29, 1.82) is 0 Å². The maximum Gasteiger partial charge on any atom is 0.123 e. The van der Waals surface area contributed by atoms with Gasteiger partial charge in [-0.05, 0) is 42.8 Å². The third kappa shape index (κ3) is 3.31. The van der Waals surface area contributed by atoms with Crippen molar-refractivity contribution in [1.82, 2.24) is 4.98 Å². The van der Waals surface area contributed by atoms with Gasteiger partial charge in [-0.25, -0.2) is 4.39 Å². The highest BCUT2D eigenvalue weighted by molar-refractivity contribution is 7.99. The fourth-order valence-electron chi connectivity index (χ4n) is 1.62. The second-order valence-corrected chi connectivity index (χ2v) is 5.11. The summed E-state index contributed by atoms with van der Waals surface area (Å²) in [7, 11) is 0. The first-order valence-corrected chi connectivity index (χ1v) is 6.62. The summed E-state index contributed by atoms with van der Waals surface area (Å²) >= 11 is 1.50. The number of hydrogen-bond acceptors (Lipinski definition) is 3. The van der Waals surface area contributed by atoms with Crippen molar-refractivity contribution in [2.75, 3.05) is 5.75 Å². The van der Waals surface area contributed by atoms with E-state index in [0.29, 0.717) is 5.75 Å². The number of nitrogens with zero attached hydrogens (tertiary/aromatic N) is 1. The molecule has 0 saturated carbocycles. The molecule has 2 aromatic rings. The number of rotatable bonds is 4. The van der Waals surface area contributed by atoms with Crippen LogP contribution in [-0.4, -0.2) is 15.8 Å². The number of thioether (sulfide) groups is 1. The molecule has 0 fully saturated rings. The summed E-state index contributed by atoms with van der Waals surface area (Å²) in [4.78, 5) is 4.96. The van der Waals surface area contributed by atoms with Gasteiger partial charge in [-0.1, -0.05) is 0 Å². The van der Waals surface area contributed by atoms with Gasteiger partial charge in [0.1, 0.15) is 5.82 Å². The van der Waals surface area contributed by atoms with E-state index < -0.39 is 6.10 Å². The number of benzene rings is 1. The van der Waals surface area contributed by atoms with Gasteiger partial charge in [0.15, 0.2) is 0 Å². The van der Waals surface area contributed by atoms with Crippen molar-refractivity contribution in [2.45, 2.75) is 17.9 Å². The van der Waals surface area contributed by atoms with Crippen LogP contribution in [0.25, 0.3) is 0 Å². The van der Waals surface area contributed by atoms with Gasteiger partial charge in [-0.3, -0.25) is 4.98 Å². The first-order valence-electron chi connectivity index (χ1n) is 5.64. The molecule has 0 aliphatic carbocycles. The summed E-state index contributed by atoms with van der Waals surface area (Å²) in [6.45, 7) is 1.95. The van der Waals surface area contributed by atoms with Gasteiger partial charge in [-0.15, -0.1) is 11.8 Å². The molecule has 0 amide bonds. The normalized spacial score (nSPS) is 12.4. The summed E-state index contributed by atoms with van der Waals surface area (Å²) in [6, 6.07) is 8.14. The first kappa shape index (κ1) is 13.1. The third-order valence-corrected chi connectivity index (χ3v) is 3.75. The first-order chi connectivity index (χ1) is 8.66. The summed E-state index contributed by atoms with van der Waals surface area (Å²) in [5.74, 6) is 0.279. The van der Waals surface area contributed by atoms with Crippen molar-refractivity contribution in [2.24, 2.45) is 0 Å². The summed E-state index contributed by atoms with van der Waals surface area (Å²) in [6.07, 6.45) is 2.83. The fraction of sp³-hybridized carbons (Fsp3) is 0.214. The molecule has 0 spiro atoms. The molecule has 0 bridgehead atoms. The van der Waals surface area contributed by atoms with Crippen molar-refractivity contribution >= 4 is 11.8 Å². The molecule has 4 heteroatoms. The molecule has 1 aromatic heterocycles. The molecule has 0 saturated heterocycles. The number of halogens is 1. The van der Waals surface area contributed by atoms with Gasteiger partial charge >= 0.3 is 0 Å². The number of aryl methyl sites for hydroxylation is 1. The predicted octanol–water partition coefficient (Wildman–Crippen LogP) is 3.35. The van der Waals surface area contributed by atoms with Gasteiger partial charge in [-0.2, -0.15) is 0 Å². The zero-order valence-corrected chi connectivity index (χ0v) is 10.8. The van der Waals surface area contributed by atoms with Crippen LogP contribution in [0.3, 0.4) is 0 Å². The number of aliphatic hydroxyl groups excluding tert-OH is 1. The Hall–Kier alpha value is -1.39. The Labute approximate surface area is 110 Å². The maximum atomic E-state index is 12.7. The van der Waals surface area contributed by atoms with Crippen LogP contribution in [0.1, 0.15) is 17.2 Å². The number of aliphatic hydroxyl groups is 1. The smallest absolute Gasteiger partial charge is 0.123 e. The Kier molecular flexibility index (Phi) is 4.33. The van der Waals surface area contributed by atoms with E-state index in [9.17, 15) is 9.50 Å². The quantitative estimate of drug-likeness (QED) is 0.859. The lowest BCUT2D eigenvalue weighted by Gasteiger charge is -2.12. The molecule has 1 heterocycles. The second kappa shape index (κ2) is 5.98. The molecule has 1 atom stereocenters. The maximum absolute atomic E-state index is 12.7. The van der Waals surface area contributed by atoms with Crippen molar-refractivity contribution in [3.05, 3.63) is 59.7 Å². The van der Waals surface area contributed by atoms with Gasteiger partial charge in [0, 0.05) is 28.6 Å². The van der Waals surface area contributed by atoms with Gasteiger partial charge < -0.3 is 5.11 Å². The minimum Gasteiger partial charge on any atom is -0.387 e. The van der Waals surface area contributed by atoms with Crippen LogP contribution in [0, 0.1) is 12.7 Å². The van der Waals surface area contributed by atoms with Crippen molar-refractivity contribution in [3.8, 4) is 0 Å². The highest BCUT2D eigenvalue weighted by atomic mass is 32.2. The molecule has 0 radical (unpaired) electrons. The van der Waals surface area contributed by atoms with Crippen LogP contribution in [-0.2, 0) is 0 Å². The Morgan fingerprint density at radius 2 is 2.00 bits per heavy atom. The van der Waals surface area contributed by atoms with Crippen LogP contribution in [0.5, 0.6) is 0 Å². The predicted molar refractivity (Wildman–Crippen MR) is 71.1 cm³/mol. The Morgan fingerprint density at radius 1 is 1.28 bits per heavy atom. The summed E-state index contributed by atoms with van der Waals surface area (Å²) in [5.41, 5.74) is 1.87. The van der Waals surface area contributed by atoms with Crippen molar-refractivity contribution < 1.29 is 9.50 Å². The van der Waals surface area contributed by atoms with Crippen LogP contribution < -0.4 is 0 Å². The van der Waals surface area contributed by atoms with Gasteiger partial charge in [0.2, 0.25) is 0 Å². The standard InChI is InChI=1S/C14H14FNOS/c1-10-6-7-16-8-13(10)14(17)9-18-12-4-2-11(15)3-5-12/h2-8,14,17H,9H2,1H3. The van der Waals surface area contributed by atoms with E-state index in [1.807, 2.05) is 13.0 Å². The van der Waals surface area contributed by atoms with E-state index in [2.05, 4.69) is 4.98 Å². The lowest BCUT2D eigenvalue weighted by Crippen LogP contribution is -2.03. The van der Waals surface area contributed by atoms with Gasteiger partial charge in [0.25, 0.3) is 0 Å². The molecular weight excluding hydrogens is 249 g/mol. The van der Waals surface area contributed by atoms with E-state index in [1.165, 1.54) is 23.9 Å². The zero-order chi connectivity index (χ0) is 13.0. The largest absolute Gasteiger partial charge is 0.387 e. The molecule has 1 unspecified atom stereocenters. The van der Waals surface area contributed by atoms with Crippen LogP contribution in [0.4, 0.5) is 4.39 Å². The SMILES string of the molecule is Cc1ccncc1C(O)CSc1ccc(F)cc1. The lowest BCUT2D eigenvalue weighted by molar-refractivity contribution is 0.203. The zero-order valence-electron chi connectivity index (χ0n) is 10.0. The second-order valence-electron chi connectivity index (χ2n) is 4.01. The number of aromatic nitrogens is 1. The lowest BCUT2D eigenvalue weighted by atomic mass is 10.1. The van der Waals surface area contributed by atoms with E-state index in [-0.39, 0.29) is 5.82 Å². The molecule has 0 aliphatic heterocycles. The monoisotopic (exact) mass is 263 g/mol. The molecule has 1 N–H and O–H groups in total. The molecule has 0 aliphatic rings. The molecular formula is C14H14FNOS. The third-order valence-electron chi connectivity index (χ3n) is 2.66. The van der Waals surface area contributed by atoms with Gasteiger partial charge in [0.05, 0.1) is 6.10 Å². The molecule has 94 valence electrons. The Morgan fingerprint density at radius 3 is 2.67 bits per heavy atom. The van der Waals surface area contributed by atoms with E-state index >= 15 is 0 Å². The van der Waals surface area contributed by atoms with Crippen LogP contribution >= 0.6 is 11.8 Å². The van der Waals surface area contributed by atoms with E-state index in [1.54, 1.807) is 24.5 Å².